The van der Waals surface area contributed by atoms with E-state index < -0.39 is 13.2 Å². The van der Waals surface area contributed by atoms with Crippen molar-refractivity contribution in [1.29, 1.82) is 0 Å². The van der Waals surface area contributed by atoms with Gasteiger partial charge in [0, 0.05) is 13.5 Å². The van der Waals surface area contributed by atoms with Crippen LogP contribution in [0.4, 0.5) is 0 Å². The molecule has 0 aliphatic rings. The number of hydrogen-bond donors (Lipinski definition) is 1. The van der Waals surface area contributed by atoms with Crippen LogP contribution >= 0.6 is 0 Å². The van der Waals surface area contributed by atoms with Gasteiger partial charge >= 0.3 is 0 Å². The fourth-order valence-electron chi connectivity index (χ4n) is 0.494. The second-order valence-electron chi connectivity index (χ2n) is 1.77. The lowest BCUT2D eigenvalue weighted by molar-refractivity contribution is 0.302. The van der Waals surface area contributed by atoms with Crippen LogP contribution in [-0.4, -0.2) is 11.7 Å². The molecule has 0 rings (SSSR count). The maximum atomic E-state index is 8.46. The summed E-state index contributed by atoms with van der Waals surface area (Å²) in [7, 11) is 0. The number of aliphatic hydroxyl groups excluding tert-OH is 1. The van der Waals surface area contributed by atoms with E-state index in [1.165, 1.54) is 6.08 Å². The van der Waals surface area contributed by atoms with Gasteiger partial charge in [-0.2, -0.15) is 0 Å². The van der Waals surface area contributed by atoms with Gasteiger partial charge in [-0.15, -0.1) is 0 Å². The Kier molecular flexibility index (Phi) is 3.14. The van der Waals surface area contributed by atoms with Crippen LogP contribution in [0.15, 0.2) is 24.3 Å². The zero-order valence-corrected chi connectivity index (χ0v) is 5.88. The van der Waals surface area contributed by atoms with Crippen LogP contribution in [0.25, 0.3) is 0 Å². The Morgan fingerprint density at radius 2 is 2.20 bits per heavy atom. The second-order valence-corrected chi connectivity index (χ2v) is 1.77. The summed E-state index contributed by atoms with van der Waals surface area (Å²) in [6.45, 7) is -2.55. The van der Waals surface area contributed by atoms with E-state index in [0.717, 1.165) is 6.08 Å². The van der Waals surface area contributed by atoms with Crippen molar-refractivity contribution in [3.63, 3.8) is 0 Å². The van der Waals surface area contributed by atoms with E-state index >= 15 is 0 Å². The van der Waals surface area contributed by atoms with Gasteiger partial charge in [0.1, 0.15) is 0 Å². The Labute approximate surface area is 70.1 Å². The van der Waals surface area contributed by atoms with Crippen molar-refractivity contribution in [2.75, 3.05) is 6.61 Å². The molecule has 1 N–H and O–H groups in total. The van der Waals surface area contributed by atoms with Gasteiger partial charge in [-0.05, 0) is 19.2 Å². The van der Waals surface area contributed by atoms with Gasteiger partial charge in [0.2, 0.25) is 0 Å². The van der Waals surface area contributed by atoms with Crippen molar-refractivity contribution in [3.8, 4) is 0 Å². The number of allylic oxidation sites excluding steroid dienone is 3. The van der Waals surface area contributed by atoms with Crippen molar-refractivity contribution in [2.45, 2.75) is 26.1 Å². The first-order valence-electron chi connectivity index (χ1n) is 5.75. The minimum Gasteiger partial charge on any atom is -0.396 e. The molecule has 1 nitrogen and oxygen atoms in total. The Morgan fingerprint density at radius 1 is 1.40 bits per heavy atom. The number of aliphatic hydroxyl groups is 1. The number of rotatable bonds is 5. The van der Waals surface area contributed by atoms with Crippen molar-refractivity contribution in [3.05, 3.63) is 24.3 Å². The third kappa shape index (κ3) is 7.44. The summed E-state index contributed by atoms with van der Waals surface area (Å²) < 4.78 is 35.3. The maximum Gasteiger partial charge on any atom is 0.0465 e. The van der Waals surface area contributed by atoms with Crippen LogP contribution in [0.2, 0.25) is 0 Å². The van der Waals surface area contributed by atoms with E-state index in [1.54, 1.807) is 12.2 Å². The summed E-state index contributed by atoms with van der Waals surface area (Å²) >= 11 is 0. The average molecular weight is 145 g/mol. The molecule has 0 aliphatic heterocycles. The van der Waals surface area contributed by atoms with Gasteiger partial charge in [-0.1, -0.05) is 31.2 Å². The van der Waals surface area contributed by atoms with Gasteiger partial charge in [0.15, 0.2) is 0 Å². The summed E-state index contributed by atoms with van der Waals surface area (Å²) in [6.07, 6.45) is 4.79. The largest absolute Gasteiger partial charge is 0.396 e. The van der Waals surface area contributed by atoms with E-state index in [1.807, 2.05) is 0 Å². The third-order valence-corrected chi connectivity index (χ3v) is 0.936. The van der Waals surface area contributed by atoms with E-state index in [9.17, 15) is 0 Å². The molecule has 1 heteroatoms. The molecule has 0 aromatic carbocycles. The van der Waals surface area contributed by atoms with E-state index in [2.05, 4.69) is 0 Å². The van der Waals surface area contributed by atoms with Gasteiger partial charge < -0.3 is 5.11 Å². The normalized spacial score (nSPS) is 21.9. The van der Waals surface area contributed by atoms with Gasteiger partial charge in [-0.3, -0.25) is 0 Å². The molecule has 0 aromatic heterocycles. The first kappa shape index (κ1) is 3.72. The van der Waals surface area contributed by atoms with Gasteiger partial charge in [-0.25, -0.2) is 0 Å². The molecule has 0 saturated carbocycles. The number of hydrogen-bond acceptors (Lipinski definition) is 1. The fraction of sp³-hybridized carbons (Fsp3) is 0.556. The molecule has 0 fully saturated rings. The standard InChI is InChI=1S/C9H16O/c1-2-3-4-5-6-7-8-9-10/h3-4,6-7,10H,2,5,8-9H2,1H3/b4-3-,7-6-/i1D3,2D2. The molecule has 0 unspecified atom stereocenters. The molecule has 0 aliphatic carbocycles. The zero-order chi connectivity index (χ0) is 11.9. The topological polar surface area (TPSA) is 20.2 Å². The van der Waals surface area contributed by atoms with Crippen LogP contribution in [0.3, 0.4) is 0 Å². The lowest BCUT2D eigenvalue weighted by Gasteiger charge is -1.83. The quantitative estimate of drug-likeness (QED) is 0.588. The van der Waals surface area contributed by atoms with Crippen LogP contribution in [0, 0.1) is 0 Å². The predicted octanol–water partition coefficient (Wildman–Crippen LogP) is 2.28. The minimum atomic E-state index is -2.63. The van der Waals surface area contributed by atoms with Gasteiger partial charge in [0.25, 0.3) is 0 Å². The van der Waals surface area contributed by atoms with Crippen LogP contribution in [-0.2, 0) is 0 Å². The summed E-state index contributed by atoms with van der Waals surface area (Å²) in [5, 5.41) is 8.46. The Balaban J connectivity index is 4.06. The Hall–Kier alpha value is -0.560. The van der Waals surface area contributed by atoms with Crippen LogP contribution < -0.4 is 0 Å². The molecule has 0 spiro atoms. The average Bonchev–Trinajstić information content (AvgIpc) is 2.09. The molecule has 58 valence electrons. The molecule has 0 heterocycles. The monoisotopic (exact) mass is 145 g/mol. The Bertz CT molecular complexity index is 229. The molecule has 0 atom stereocenters. The fourth-order valence-corrected chi connectivity index (χ4v) is 0.494. The summed E-state index contributed by atoms with van der Waals surface area (Å²) in [5.74, 6) is 0. The first-order chi connectivity index (χ1) is 6.81. The van der Waals surface area contributed by atoms with Crippen LogP contribution in [0.1, 0.15) is 32.9 Å². The van der Waals surface area contributed by atoms with Crippen molar-refractivity contribution in [2.24, 2.45) is 0 Å². The molecule has 10 heavy (non-hydrogen) atoms. The second kappa shape index (κ2) is 8.44. The molecule has 0 amide bonds. The highest BCUT2D eigenvalue weighted by molar-refractivity contribution is 4.92. The highest BCUT2D eigenvalue weighted by Crippen LogP contribution is 1.89. The smallest absolute Gasteiger partial charge is 0.0465 e. The SMILES string of the molecule is [2H]C([2H])([2H])C([2H])([2H])/C=C\C/C=C\CCO. The molecule has 0 aromatic rings. The maximum absolute atomic E-state index is 8.46. The van der Waals surface area contributed by atoms with Crippen molar-refractivity contribution >= 4 is 0 Å². The molecular formula is C9H16O. The zero-order valence-electron chi connectivity index (χ0n) is 10.9. The Morgan fingerprint density at radius 3 is 2.90 bits per heavy atom. The summed E-state index contributed by atoms with van der Waals surface area (Å²) in [4.78, 5) is 0. The van der Waals surface area contributed by atoms with Gasteiger partial charge in [0.05, 0.1) is 0 Å². The molecular weight excluding hydrogens is 124 g/mol. The minimum absolute atomic E-state index is 0.0797. The third-order valence-electron chi connectivity index (χ3n) is 0.936. The van der Waals surface area contributed by atoms with E-state index in [4.69, 9.17) is 12.0 Å². The van der Waals surface area contributed by atoms with Crippen molar-refractivity contribution in [1.82, 2.24) is 0 Å². The summed E-state index contributed by atoms with van der Waals surface area (Å²) in [6, 6.07) is 0. The molecule has 0 saturated heterocycles. The molecule has 0 radical (unpaired) electrons. The van der Waals surface area contributed by atoms with Crippen LogP contribution in [0.5, 0.6) is 0 Å². The van der Waals surface area contributed by atoms with E-state index in [0.29, 0.717) is 12.8 Å². The van der Waals surface area contributed by atoms with Crippen molar-refractivity contribution < 1.29 is 12.0 Å². The predicted molar refractivity (Wildman–Crippen MR) is 44.9 cm³/mol. The first-order valence-corrected chi connectivity index (χ1v) is 3.25. The lowest BCUT2D eigenvalue weighted by Crippen LogP contribution is -1.74. The molecule has 0 bridgehead atoms. The summed E-state index contributed by atoms with van der Waals surface area (Å²) in [5.41, 5.74) is 0. The lowest BCUT2D eigenvalue weighted by atomic mass is 10.3. The highest BCUT2D eigenvalue weighted by Gasteiger charge is 1.72. The highest BCUT2D eigenvalue weighted by atomic mass is 16.2. The van der Waals surface area contributed by atoms with E-state index in [-0.39, 0.29) is 6.61 Å².